The lowest BCUT2D eigenvalue weighted by molar-refractivity contribution is -0.100. The second-order valence-corrected chi connectivity index (χ2v) is 5.31. The number of benzene rings is 1. The molecule has 100 valence electrons. The Labute approximate surface area is 107 Å². The topological polar surface area (TPSA) is 69.9 Å². The van der Waals surface area contributed by atoms with E-state index in [9.17, 15) is 15.3 Å². The molecule has 0 aliphatic heterocycles. The van der Waals surface area contributed by atoms with Gasteiger partial charge in [0.15, 0.2) is 0 Å². The molecule has 0 radical (unpaired) electrons. The molecule has 0 heterocycles. The molecular formula is C14H20O4. The van der Waals surface area contributed by atoms with Crippen molar-refractivity contribution in [2.45, 2.75) is 36.9 Å². The van der Waals surface area contributed by atoms with Crippen LogP contribution in [0.3, 0.4) is 0 Å². The molecule has 1 fully saturated rings. The van der Waals surface area contributed by atoms with Crippen LogP contribution in [0.4, 0.5) is 0 Å². The van der Waals surface area contributed by atoms with Gasteiger partial charge in [-0.25, -0.2) is 0 Å². The van der Waals surface area contributed by atoms with E-state index < -0.39 is 23.7 Å². The van der Waals surface area contributed by atoms with Gasteiger partial charge >= 0.3 is 0 Å². The molecule has 3 N–H and O–H groups in total. The highest BCUT2D eigenvalue weighted by Crippen LogP contribution is 2.46. The van der Waals surface area contributed by atoms with Crippen molar-refractivity contribution in [3.05, 3.63) is 29.8 Å². The average Bonchev–Trinajstić information content (AvgIpc) is 2.65. The van der Waals surface area contributed by atoms with Crippen LogP contribution < -0.4 is 4.74 Å². The summed E-state index contributed by atoms with van der Waals surface area (Å²) in [5.74, 6) is 0.757. The van der Waals surface area contributed by atoms with Crippen LogP contribution in [-0.4, -0.2) is 40.7 Å². The third kappa shape index (κ3) is 1.90. The fourth-order valence-corrected chi connectivity index (χ4v) is 2.78. The molecule has 3 atom stereocenters. The lowest BCUT2D eigenvalue weighted by Gasteiger charge is -2.34. The maximum Gasteiger partial charge on any atom is 0.118 e. The highest BCUT2D eigenvalue weighted by Gasteiger charge is 2.53. The Morgan fingerprint density at radius 1 is 1.28 bits per heavy atom. The second-order valence-electron chi connectivity index (χ2n) is 5.31. The van der Waals surface area contributed by atoms with Crippen LogP contribution in [0.5, 0.6) is 5.75 Å². The first-order chi connectivity index (χ1) is 8.46. The van der Waals surface area contributed by atoms with E-state index in [2.05, 4.69) is 0 Å². The van der Waals surface area contributed by atoms with E-state index in [1.54, 1.807) is 7.11 Å². The lowest BCUT2D eigenvalue weighted by Crippen LogP contribution is -2.48. The van der Waals surface area contributed by atoms with E-state index in [1.165, 1.54) is 0 Å². The molecule has 4 heteroatoms. The molecule has 2 rings (SSSR count). The van der Waals surface area contributed by atoms with Crippen LogP contribution in [0.2, 0.25) is 0 Å². The number of hydrogen-bond acceptors (Lipinski definition) is 4. The summed E-state index contributed by atoms with van der Waals surface area (Å²) in [7, 11) is 1.60. The fraction of sp³-hybridized carbons (Fsp3) is 0.571. The van der Waals surface area contributed by atoms with E-state index >= 15 is 0 Å². The molecule has 1 aromatic carbocycles. The monoisotopic (exact) mass is 252 g/mol. The van der Waals surface area contributed by atoms with Crippen molar-refractivity contribution in [3.63, 3.8) is 0 Å². The van der Waals surface area contributed by atoms with Crippen molar-refractivity contribution >= 4 is 0 Å². The average molecular weight is 252 g/mol. The minimum absolute atomic E-state index is 0.396. The highest BCUT2D eigenvalue weighted by atomic mass is 16.5. The zero-order chi connectivity index (χ0) is 13.4. The van der Waals surface area contributed by atoms with Gasteiger partial charge in [-0.3, -0.25) is 0 Å². The molecule has 0 amide bonds. The molecule has 0 bridgehead atoms. The Morgan fingerprint density at radius 2 is 1.89 bits per heavy atom. The van der Waals surface area contributed by atoms with Crippen LogP contribution in [0.15, 0.2) is 24.3 Å². The molecular weight excluding hydrogens is 232 g/mol. The Hall–Kier alpha value is -1.10. The van der Waals surface area contributed by atoms with Crippen molar-refractivity contribution in [2.24, 2.45) is 0 Å². The summed E-state index contributed by atoms with van der Waals surface area (Å²) in [4.78, 5) is 0. The lowest BCUT2D eigenvalue weighted by atomic mass is 9.77. The smallest absolute Gasteiger partial charge is 0.118 e. The van der Waals surface area contributed by atoms with Gasteiger partial charge < -0.3 is 20.1 Å². The first-order valence-corrected chi connectivity index (χ1v) is 6.12. The summed E-state index contributed by atoms with van der Waals surface area (Å²) in [5.41, 5.74) is -0.988. The van der Waals surface area contributed by atoms with Crippen molar-refractivity contribution in [2.75, 3.05) is 13.7 Å². The van der Waals surface area contributed by atoms with Crippen molar-refractivity contribution in [1.29, 1.82) is 0 Å². The van der Waals surface area contributed by atoms with Gasteiger partial charge in [0.25, 0.3) is 0 Å². The Balaban J connectivity index is 2.31. The zero-order valence-electron chi connectivity index (χ0n) is 10.8. The maximum atomic E-state index is 10.3. The first kappa shape index (κ1) is 13.3. The van der Waals surface area contributed by atoms with Gasteiger partial charge in [-0.05, 0) is 30.5 Å². The second kappa shape index (κ2) is 4.53. The molecule has 18 heavy (non-hydrogen) atoms. The normalized spacial score (nSPS) is 35.7. The van der Waals surface area contributed by atoms with Gasteiger partial charge in [0.2, 0.25) is 0 Å². The summed E-state index contributed by atoms with van der Waals surface area (Å²) < 4.78 is 5.10. The van der Waals surface area contributed by atoms with Crippen molar-refractivity contribution < 1.29 is 20.1 Å². The number of methoxy groups -OCH3 is 1. The van der Waals surface area contributed by atoms with Crippen LogP contribution in [-0.2, 0) is 5.41 Å². The number of ether oxygens (including phenoxy) is 1. The van der Waals surface area contributed by atoms with Gasteiger partial charge in [-0.15, -0.1) is 0 Å². The van der Waals surface area contributed by atoms with Gasteiger partial charge in [0, 0.05) is 5.41 Å². The van der Waals surface area contributed by atoms with E-state index in [0.29, 0.717) is 12.8 Å². The highest BCUT2D eigenvalue weighted by molar-refractivity contribution is 5.35. The molecule has 2 unspecified atom stereocenters. The zero-order valence-corrected chi connectivity index (χ0v) is 10.8. The molecule has 4 nitrogen and oxygen atoms in total. The molecule has 1 saturated carbocycles. The third-order valence-corrected chi connectivity index (χ3v) is 4.21. The van der Waals surface area contributed by atoms with Crippen LogP contribution in [0, 0.1) is 0 Å². The minimum Gasteiger partial charge on any atom is -0.497 e. The number of aliphatic hydroxyl groups excluding tert-OH is 2. The molecule has 0 saturated heterocycles. The Morgan fingerprint density at radius 3 is 2.33 bits per heavy atom. The van der Waals surface area contributed by atoms with Crippen molar-refractivity contribution in [3.8, 4) is 5.75 Å². The molecule has 1 aromatic rings. The molecule has 0 spiro atoms. The van der Waals surface area contributed by atoms with Gasteiger partial charge in [0.05, 0.1) is 19.8 Å². The largest absolute Gasteiger partial charge is 0.497 e. The quantitative estimate of drug-likeness (QED) is 0.745. The Bertz CT molecular complexity index is 416. The first-order valence-electron chi connectivity index (χ1n) is 6.12. The van der Waals surface area contributed by atoms with E-state index in [-0.39, 0.29) is 0 Å². The number of aliphatic hydroxyl groups is 3. The number of hydrogen-bond donors (Lipinski definition) is 3. The summed E-state index contributed by atoms with van der Waals surface area (Å²) in [6, 6.07) is 7.46. The Kier molecular flexibility index (Phi) is 3.36. The van der Waals surface area contributed by atoms with E-state index in [1.807, 2.05) is 31.2 Å². The molecule has 1 aliphatic carbocycles. The van der Waals surface area contributed by atoms with Crippen LogP contribution in [0.25, 0.3) is 0 Å². The van der Waals surface area contributed by atoms with E-state index in [0.717, 1.165) is 11.3 Å². The molecule has 1 aliphatic rings. The summed E-state index contributed by atoms with van der Waals surface area (Å²) in [6.45, 7) is 1.49. The summed E-state index contributed by atoms with van der Waals surface area (Å²) in [6.07, 6.45) is 0.0634. The third-order valence-electron chi connectivity index (χ3n) is 4.21. The summed E-state index contributed by atoms with van der Waals surface area (Å²) >= 11 is 0. The number of rotatable bonds is 3. The van der Waals surface area contributed by atoms with Crippen LogP contribution >= 0.6 is 0 Å². The van der Waals surface area contributed by atoms with E-state index in [4.69, 9.17) is 4.74 Å². The summed E-state index contributed by atoms with van der Waals surface area (Å²) in [5, 5.41) is 29.7. The predicted octanol–water partition coefficient (Wildman–Crippen LogP) is 0.831. The van der Waals surface area contributed by atoms with Gasteiger partial charge in [0.1, 0.15) is 11.4 Å². The minimum atomic E-state index is -1.39. The standard InChI is InChI=1S/C14H20O4/c1-13(7-8-14(17,9-15)12(13)16)10-3-5-11(18-2)6-4-10/h3-6,12,15-17H,7-9H2,1-2H3/t12?,13-,14?/m1/s1. The van der Waals surface area contributed by atoms with Crippen molar-refractivity contribution in [1.82, 2.24) is 0 Å². The fourth-order valence-electron chi connectivity index (χ4n) is 2.78. The molecule has 0 aromatic heterocycles. The maximum absolute atomic E-state index is 10.3. The SMILES string of the molecule is COc1ccc([C@@]2(C)CCC(O)(CO)C2O)cc1. The van der Waals surface area contributed by atoms with Crippen LogP contribution in [0.1, 0.15) is 25.3 Å². The van der Waals surface area contributed by atoms with Gasteiger partial charge in [-0.1, -0.05) is 19.1 Å². The predicted molar refractivity (Wildman–Crippen MR) is 67.6 cm³/mol. The van der Waals surface area contributed by atoms with Gasteiger partial charge in [-0.2, -0.15) is 0 Å².